The van der Waals surface area contributed by atoms with E-state index >= 15 is 0 Å². The average Bonchev–Trinajstić information content (AvgIpc) is 2.99. The zero-order valence-corrected chi connectivity index (χ0v) is 13.6. The Morgan fingerprint density at radius 3 is 2.62 bits per heavy atom. The highest BCUT2D eigenvalue weighted by molar-refractivity contribution is 5.43. The molecule has 1 aromatic carbocycles. The Labute approximate surface area is 128 Å². The van der Waals surface area contributed by atoms with Crippen LogP contribution in [0.2, 0.25) is 0 Å². The monoisotopic (exact) mass is 292 g/mol. The molecule has 0 amide bonds. The second kappa shape index (κ2) is 7.66. The minimum atomic E-state index is 0.293. The van der Waals surface area contributed by atoms with Gasteiger partial charge in [-0.1, -0.05) is 6.07 Å². The van der Waals surface area contributed by atoms with Gasteiger partial charge in [-0.15, -0.1) is 0 Å². The molecule has 2 N–H and O–H groups in total. The van der Waals surface area contributed by atoms with E-state index in [1.807, 2.05) is 6.07 Å². The van der Waals surface area contributed by atoms with Gasteiger partial charge in [0.2, 0.25) is 0 Å². The lowest BCUT2D eigenvalue weighted by Crippen LogP contribution is -2.35. The zero-order valence-electron chi connectivity index (χ0n) is 13.6. The molecule has 0 bridgehead atoms. The molecule has 1 aliphatic heterocycles. The number of methoxy groups -OCH3 is 2. The number of ether oxygens (including phenoxy) is 2. The molecule has 4 heteroatoms. The average molecular weight is 292 g/mol. The molecule has 3 atom stereocenters. The van der Waals surface area contributed by atoms with Gasteiger partial charge in [-0.2, -0.15) is 0 Å². The van der Waals surface area contributed by atoms with Gasteiger partial charge in [0.1, 0.15) is 0 Å². The van der Waals surface area contributed by atoms with E-state index in [1.165, 1.54) is 31.4 Å². The summed E-state index contributed by atoms with van der Waals surface area (Å²) in [7, 11) is 3.34. The van der Waals surface area contributed by atoms with E-state index < -0.39 is 0 Å². The molecule has 3 unspecified atom stereocenters. The van der Waals surface area contributed by atoms with Crippen molar-refractivity contribution in [2.45, 2.75) is 51.2 Å². The number of benzene rings is 1. The van der Waals surface area contributed by atoms with E-state index in [0.29, 0.717) is 18.1 Å². The molecule has 1 saturated heterocycles. The van der Waals surface area contributed by atoms with Crippen LogP contribution in [0.1, 0.15) is 44.7 Å². The van der Waals surface area contributed by atoms with E-state index in [2.05, 4.69) is 36.6 Å². The summed E-state index contributed by atoms with van der Waals surface area (Å²) in [5.74, 6) is 1.56. The van der Waals surface area contributed by atoms with Gasteiger partial charge < -0.3 is 20.1 Å². The van der Waals surface area contributed by atoms with Gasteiger partial charge in [0.15, 0.2) is 11.5 Å². The fraction of sp³-hybridized carbons (Fsp3) is 0.647. The molecule has 1 fully saturated rings. The van der Waals surface area contributed by atoms with Crippen molar-refractivity contribution < 1.29 is 9.47 Å². The fourth-order valence-corrected chi connectivity index (χ4v) is 3.10. The van der Waals surface area contributed by atoms with Gasteiger partial charge in [-0.25, -0.2) is 0 Å². The Balaban J connectivity index is 1.93. The quantitative estimate of drug-likeness (QED) is 0.811. The summed E-state index contributed by atoms with van der Waals surface area (Å²) in [5.41, 5.74) is 1.22. The Bertz CT molecular complexity index is 444. The molecule has 0 saturated carbocycles. The minimum absolute atomic E-state index is 0.293. The molecule has 0 aromatic heterocycles. The third-order valence-electron chi connectivity index (χ3n) is 4.24. The topological polar surface area (TPSA) is 42.5 Å². The molecule has 0 spiro atoms. The maximum absolute atomic E-state index is 5.38. The second-order valence-corrected chi connectivity index (χ2v) is 5.93. The largest absolute Gasteiger partial charge is 0.493 e. The molecule has 21 heavy (non-hydrogen) atoms. The van der Waals surface area contributed by atoms with Crippen LogP contribution in [0, 0.1) is 0 Å². The molecule has 1 aliphatic rings. The van der Waals surface area contributed by atoms with E-state index in [-0.39, 0.29) is 0 Å². The third kappa shape index (κ3) is 4.35. The summed E-state index contributed by atoms with van der Waals surface area (Å²) in [6.07, 6.45) is 3.79. The Kier molecular flexibility index (Phi) is 5.88. The normalized spacial score (nSPS) is 21.0. The standard InChI is InChI=1S/C17H28N2O2/c1-12(10-15-6-5-9-18-15)19-13(2)14-7-8-16(20-3)17(11-14)21-4/h7-8,11-13,15,18-19H,5-6,9-10H2,1-4H3. The Morgan fingerprint density at radius 1 is 1.24 bits per heavy atom. The van der Waals surface area contributed by atoms with Crippen molar-refractivity contribution in [1.29, 1.82) is 0 Å². The molecule has 1 heterocycles. The van der Waals surface area contributed by atoms with Crippen molar-refractivity contribution in [2.75, 3.05) is 20.8 Å². The van der Waals surface area contributed by atoms with Crippen LogP contribution in [0.15, 0.2) is 18.2 Å². The van der Waals surface area contributed by atoms with Crippen molar-refractivity contribution in [1.82, 2.24) is 10.6 Å². The van der Waals surface area contributed by atoms with Crippen molar-refractivity contribution in [3.8, 4) is 11.5 Å². The molecule has 4 nitrogen and oxygen atoms in total. The second-order valence-electron chi connectivity index (χ2n) is 5.93. The smallest absolute Gasteiger partial charge is 0.161 e. The van der Waals surface area contributed by atoms with Gasteiger partial charge in [-0.05, 0) is 57.4 Å². The highest BCUT2D eigenvalue weighted by atomic mass is 16.5. The zero-order chi connectivity index (χ0) is 15.2. The van der Waals surface area contributed by atoms with E-state index in [1.54, 1.807) is 14.2 Å². The Morgan fingerprint density at radius 2 is 2.00 bits per heavy atom. The Hall–Kier alpha value is -1.26. The van der Waals surface area contributed by atoms with Crippen LogP contribution < -0.4 is 20.1 Å². The maximum Gasteiger partial charge on any atom is 0.161 e. The lowest BCUT2D eigenvalue weighted by atomic mass is 10.0. The first-order chi connectivity index (χ1) is 10.1. The molecular weight excluding hydrogens is 264 g/mol. The maximum atomic E-state index is 5.38. The van der Waals surface area contributed by atoms with Gasteiger partial charge in [0.25, 0.3) is 0 Å². The van der Waals surface area contributed by atoms with Gasteiger partial charge >= 0.3 is 0 Å². The molecule has 1 aromatic rings. The third-order valence-corrected chi connectivity index (χ3v) is 4.24. The lowest BCUT2D eigenvalue weighted by molar-refractivity contribution is 0.353. The number of hydrogen-bond donors (Lipinski definition) is 2. The summed E-state index contributed by atoms with van der Waals surface area (Å²) in [6.45, 7) is 5.62. The van der Waals surface area contributed by atoms with Crippen LogP contribution >= 0.6 is 0 Å². The van der Waals surface area contributed by atoms with Crippen LogP contribution in [0.5, 0.6) is 11.5 Å². The van der Waals surface area contributed by atoms with E-state index in [9.17, 15) is 0 Å². The summed E-state index contributed by atoms with van der Waals surface area (Å²) >= 11 is 0. The summed E-state index contributed by atoms with van der Waals surface area (Å²) < 4.78 is 10.7. The SMILES string of the molecule is COc1ccc(C(C)NC(C)CC2CCCN2)cc1OC. The first kappa shape index (κ1) is 16.1. The van der Waals surface area contributed by atoms with Crippen molar-refractivity contribution >= 4 is 0 Å². The molecule has 2 rings (SSSR count). The van der Waals surface area contributed by atoms with Gasteiger partial charge in [0.05, 0.1) is 14.2 Å². The van der Waals surface area contributed by atoms with Crippen LogP contribution in [0.3, 0.4) is 0 Å². The molecular formula is C17H28N2O2. The van der Waals surface area contributed by atoms with Crippen LogP contribution in [0.4, 0.5) is 0 Å². The van der Waals surface area contributed by atoms with E-state index in [0.717, 1.165) is 11.5 Å². The number of hydrogen-bond acceptors (Lipinski definition) is 4. The van der Waals surface area contributed by atoms with Crippen molar-refractivity contribution in [2.24, 2.45) is 0 Å². The molecule has 0 aliphatic carbocycles. The number of nitrogens with one attached hydrogen (secondary N) is 2. The lowest BCUT2D eigenvalue weighted by Gasteiger charge is -2.23. The first-order valence-electron chi connectivity index (χ1n) is 7.85. The van der Waals surface area contributed by atoms with Crippen molar-refractivity contribution in [3.05, 3.63) is 23.8 Å². The predicted molar refractivity (Wildman–Crippen MR) is 86.2 cm³/mol. The summed E-state index contributed by atoms with van der Waals surface area (Å²) in [6, 6.07) is 7.57. The van der Waals surface area contributed by atoms with Crippen LogP contribution in [0.25, 0.3) is 0 Å². The highest BCUT2D eigenvalue weighted by Gasteiger charge is 2.18. The summed E-state index contributed by atoms with van der Waals surface area (Å²) in [4.78, 5) is 0. The van der Waals surface area contributed by atoms with Crippen LogP contribution in [-0.4, -0.2) is 32.8 Å². The van der Waals surface area contributed by atoms with E-state index in [4.69, 9.17) is 9.47 Å². The predicted octanol–water partition coefficient (Wildman–Crippen LogP) is 2.89. The fourth-order valence-electron chi connectivity index (χ4n) is 3.10. The molecule has 0 radical (unpaired) electrons. The highest BCUT2D eigenvalue weighted by Crippen LogP contribution is 2.30. The minimum Gasteiger partial charge on any atom is -0.493 e. The summed E-state index contributed by atoms with van der Waals surface area (Å²) in [5, 5.41) is 7.23. The van der Waals surface area contributed by atoms with Gasteiger partial charge in [-0.3, -0.25) is 0 Å². The number of rotatable bonds is 7. The molecule has 118 valence electrons. The van der Waals surface area contributed by atoms with Gasteiger partial charge in [0, 0.05) is 18.1 Å². The van der Waals surface area contributed by atoms with Crippen LogP contribution in [-0.2, 0) is 0 Å². The van der Waals surface area contributed by atoms with Crippen molar-refractivity contribution in [3.63, 3.8) is 0 Å². The first-order valence-corrected chi connectivity index (χ1v) is 7.85.